The molecule has 1 atom stereocenters. The Balaban J connectivity index is 2.43. The van der Waals surface area contributed by atoms with Crippen LogP contribution in [0.5, 0.6) is 0 Å². The van der Waals surface area contributed by atoms with Crippen LogP contribution < -0.4 is 21.9 Å². The predicted octanol–water partition coefficient (Wildman–Crippen LogP) is -1.27. The SMILES string of the molecule is COCCn1c(N)c(N2CCC(C)(O)C2)c(=O)[nH]c1=O. The number of nitrogen functional groups attached to an aromatic ring is 1. The average Bonchev–Trinajstić information content (AvgIpc) is 2.69. The Kier molecular flexibility index (Phi) is 3.87. The summed E-state index contributed by atoms with van der Waals surface area (Å²) in [6, 6.07) is 0. The molecule has 0 spiro atoms. The predicted molar refractivity (Wildman–Crippen MR) is 75.1 cm³/mol. The number of nitrogens with two attached hydrogens (primary N) is 1. The van der Waals surface area contributed by atoms with Crippen molar-refractivity contribution in [3.63, 3.8) is 0 Å². The number of aliphatic hydroxyl groups is 1. The van der Waals surface area contributed by atoms with Crippen LogP contribution in [0.25, 0.3) is 0 Å². The van der Waals surface area contributed by atoms with E-state index in [1.165, 1.54) is 11.7 Å². The summed E-state index contributed by atoms with van der Waals surface area (Å²) in [6.45, 7) is 3.10. The van der Waals surface area contributed by atoms with E-state index >= 15 is 0 Å². The molecular formula is C12H20N4O4. The zero-order valence-electron chi connectivity index (χ0n) is 11.7. The van der Waals surface area contributed by atoms with Crippen LogP contribution in [0.3, 0.4) is 0 Å². The van der Waals surface area contributed by atoms with E-state index < -0.39 is 16.9 Å². The van der Waals surface area contributed by atoms with E-state index in [0.29, 0.717) is 26.1 Å². The highest BCUT2D eigenvalue weighted by atomic mass is 16.5. The first kappa shape index (κ1) is 14.6. The number of nitrogens with one attached hydrogen (secondary N) is 1. The lowest BCUT2D eigenvalue weighted by Crippen LogP contribution is -2.39. The third-order valence-electron chi connectivity index (χ3n) is 3.50. The second kappa shape index (κ2) is 5.29. The summed E-state index contributed by atoms with van der Waals surface area (Å²) >= 11 is 0. The van der Waals surface area contributed by atoms with Gasteiger partial charge in [0.2, 0.25) is 0 Å². The number of methoxy groups -OCH3 is 1. The third kappa shape index (κ3) is 2.70. The lowest BCUT2D eigenvalue weighted by atomic mass is 10.1. The number of ether oxygens (including phenoxy) is 1. The van der Waals surface area contributed by atoms with Crippen LogP contribution in [0.15, 0.2) is 9.59 Å². The molecule has 0 bridgehead atoms. The topological polar surface area (TPSA) is 114 Å². The molecule has 0 saturated carbocycles. The van der Waals surface area contributed by atoms with Gasteiger partial charge in [0.15, 0.2) is 0 Å². The average molecular weight is 284 g/mol. The molecule has 0 aliphatic carbocycles. The van der Waals surface area contributed by atoms with Gasteiger partial charge in [-0.05, 0) is 13.3 Å². The molecule has 4 N–H and O–H groups in total. The monoisotopic (exact) mass is 284 g/mol. The molecule has 112 valence electrons. The van der Waals surface area contributed by atoms with E-state index in [9.17, 15) is 14.7 Å². The Bertz CT molecular complexity index is 604. The molecular weight excluding hydrogens is 264 g/mol. The van der Waals surface area contributed by atoms with Crippen LogP contribution in [0.2, 0.25) is 0 Å². The fourth-order valence-electron chi connectivity index (χ4n) is 2.42. The normalized spacial score (nSPS) is 22.4. The van der Waals surface area contributed by atoms with Gasteiger partial charge in [0, 0.05) is 20.2 Å². The number of rotatable bonds is 4. The molecule has 1 aromatic heterocycles. The van der Waals surface area contributed by atoms with Gasteiger partial charge in [0.05, 0.1) is 18.8 Å². The molecule has 0 radical (unpaired) electrons. The first-order valence-corrected chi connectivity index (χ1v) is 6.44. The zero-order valence-corrected chi connectivity index (χ0v) is 11.7. The molecule has 8 heteroatoms. The number of anilines is 2. The fourth-order valence-corrected chi connectivity index (χ4v) is 2.42. The number of aromatic nitrogens is 2. The highest BCUT2D eigenvalue weighted by Gasteiger charge is 2.34. The number of aromatic amines is 1. The first-order chi connectivity index (χ1) is 9.35. The summed E-state index contributed by atoms with van der Waals surface area (Å²) in [5, 5.41) is 9.99. The Morgan fingerprint density at radius 2 is 2.20 bits per heavy atom. The van der Waals surface area contributed by atoms with Crippen molar-refractivity contribution in [2.75, 3.05) is 37.4 Å². The van der Waals surface area contributed by atoms with Gasteiger partial charge < -0.3 is 20.5 Å². The van der Waals surface area contributed by atoms with Crippen LogP contribution >= 0.6 is 0 Å². The molecule has 1 unspecified atom stereocenters. The number of nitrogens with zero attached hydrogens (tertiary/aromatic N) is 2. The maximum atomic E-state index is 12.0. The molecule has 20 heavy (non-hydrogen) atoms. The maximum Gasteiger partial charge on any atom is 0.330 e. The van der Waals surface area contributed by atoms with Crippen molar-refractivity contribution in [3.8, 4) is 0 Å². The van der Waals surface area contributed by atoms with Crippen LogP contribution in [-0.2, 0) is 11.3 Å². The van der Waals surface area contributed by atoms with Crippen LogP contribution in [0, 0.1) is 0 Å². The van der Waals surface area contributed by atoms with Gasteiger partial charge in [-0.3, -0.25) is 14.3 Å². The summed E-state index contributed by atoms with van der Waals surface area (Å²) in [6.07, 6.45) is 0.545. The Hall–Kier alpha value is -1.80. The van der Waals surface area contributed by atoms with Crippen molar-refractivity contribution < 1.29 is 9.84 Å². The van der Waals surface area contributed by atoms with Crippen LogP contribution in [-0.4, -0.2) is 47.1 Å². The quantitative estimate of drug-likeness (QED) is 0.635. The van der Waals surface area contributed by atoms with Gasteiger partial charge in [0.1, 0.15) is 11.5 Å². The molecule has 1 fully saturated rings. The Morgan fingerprint density at radius 3 is 2.75 bits per heavy atom. The Labute approximate surface area is 115 Å². The van der Waals surface area contributed by atoms with E-state index in [-0.39, 0.29) is 18.1 Å². The van der Waals surface area contributed by atoms with Gasteiger partial charge in [-0.15, -0.1) is 0 Å². The van der Waals surface area contributed by atoms with Crippen molar-refractivity contribution in [1.82, 2.24) is 9.55 Å². The van der Waals surface area contributed by atoms with Gasteiger partial charge in [-0.2, -0.15) is 0 Å². The van der Waals surface area contributed by atoms with E-state index in [4.69, 9.17) is 10.5 Å². The summed E-state index contributed by atoms with van der Waals surface area (Å²) in [5.41, 5.74) is 4.25. The van der Waals surface area contributed by atoms with Gasteiger partial charge >= 0.3 is 5.69 Å². The molecule has 2 heterocycles. The summed E-state index contributed by atoms with van der Waals surface area (Å²) < 4.78 is 6.19. The lowest BCUT2D eigenvalue weighted by Gasteiger charge is -2.22. The van der Waals surface area contributed by atoms with Gasteiger partial charge in [-0.1, -0.05) is 0 Å². The van der Waals surface area contributed by atoms with E-state index in [2.05, 4.69) is 4.98 Å². The van der Waals surface area contributed by atoms with Crippen molar-refractivity contribution in [3.05, 3.63) is 20.8 Å². The highest BCUT2D eigenvalue weighted by Crippen LogP contribution is 2.26. The third-order valence-corrected chi connectivity index (χ3v) is 3.50. The zero-order chi connectivity index (χ0) is 14.9. The smallest absolute Gasteiger partial charge is 0.330 e. The molecule has 8 nitrogen and oxygen atoms in total. The Morgan fingerprint density at radius 1 is 1.50 bits per heavy atom. The minimum absolute atomic E-state index is 0.105. The first-order valence-electron chi connectivity index (χ1n) is 6.44. The van der Waals surface area contributed by atoms with E-state index in [0.717, 1.165) is 0 Å². The molecule has 1 aliphatic heterocycles. The van der Waals surface area contributed by atoms with Crippen molar-refractivity contribution in [2.45, 2.75) is 25.5 Å². The van der Waals surface area contributed by atoms with Gasteiger partial charge in [0.25, 0.3) is 5.56 Å². The molecule has 1 saturated heterocycles. The second-order valence-corrected chi connectivity index (χ2v) is 5.31. The van der Waals surface area contributed by atoms with E-state index in [1.807, 2.05) is 0 Å². The van der Waals surface area contributed by atoms with Gasteiger partial charge in [-0.25, -0.2) is 4.79 Å². The molecule has 1 aliphatic rings. The van der Waals surface area contributed by atoms with E-state index in [1.54, 1.807) is 11.8 Å². The number of hydrogen-bond acceptors (Lipinski definition) is 6. The molecule has 0 amide bonds. The van der Waals surface area contributed by atoms with Crippen molar-refractivity contribution in [1.29, 1.82) is 0 Å². The standard InChI is InChI=1S/C12H20N4O4/c1-12(19)3-4-15(7-12)8-9(13)16(5-6-20-2)11(18)14-10(8)17/h19H,3-7,13H2,1-2H3,(H,14,17,18). The van der Waals surface area contributed by atoms with Crippen LogP contribution in [0.4, 0.5) is 11.5 Å². The van der Waals surface area contributed by atoms with Crippen LogP contribution in [0.1, 0.15) is 13.3 Å². The maximum absolute atomic E-state index is 12.0. The number of hydrogen-bond donors (Lipinski definition) is 3. The second-order valence-electron chi connectivity index (χ2n) is 5.31. The summed E-state index contributed by atoms with van der Waals surface area (Å²) in [5.74, 6) is 0.105. The largest absolute Gasteiger partial charge is 0.388 e. The summed E-state index contributed by atoms with van der Waals surface area (Å²) in [4.78, 5) is 27.7. The molecule has 1 aromatic rings. The fraction of sp³-hybridized carbons (Fsp3) is 0.667. The molecule has 2 rings (SSSR count). The summed E-state index contributed by atoms with van der Waals surface area (Å²) in [7, 11) is 1.52. The number of β-amino-alcohol motifs (C(OH)–C–C–N with tert-alkyl or cyclic N) is 1. The van der Waals surface area contributed by atoms with Crippen molar-refractivity contribution >= 4 is 11.5 Å². The van der Waals surface area contributed by atoms with Crippen molar-refractivity contribution in [2.24, 2.45) is 0 Å². The number of H-pyrrole nitrogens is 1. The molecule has 0 aromatic carbocycles. The highest BCUT2D eigenvalue weighted by molar-refractivity contribution is 5.63. The minimum Gasteiger partial charge on any atom is -0.388 e. The lowest BCUT2D eigenvalue weighted by molar-refractivity contribution is 0.0839. The minimum atomic E-state index is -0.855.